The Bertz CT molecular complexity index is 969. The van der Waals surface area contributed by atoms with Crippen LogP contribution in [0.4, 0.5) is 15.9 Å². The fraction of sp³-hybridized carbons (Fsp3) is 0.200. The Balaban J connectivity index is 1.88. The number of aromatic nitrogens is 4. The zero-order chi connectivity index (χ0) is 19.4. The molecule has 1 atom stereocenters. The summed E-state index contributed by atoms with van der Waals surface area (Å²) in [6, 6.07) is 4.51. The molecule has 0 saturated heterocycles. The number of hydroxylamine groups is 1. The van der Waals surface area contributed by atoms with Gasteiger partial charge in [-0.25, -0.2) is 24.8 Å². The van der Waals surface area contributed by atoms with E-state index in [1.807, 2.05) is 22.6 Å². The number of benzene rings is 1. The number of imidazole rings is 1. The number of rotatable bonds is 7. The number of hydrogen-bond donors (Lipinski definition) is 5. The second-order valence-electron chi connectivity index (χ2n) is 5.32. The summed E-state index contributed by atoms with van der Waals surface area (Å²) in [4.78, 5) is 32.2. The number of hydrogen-bond acceptors (Lipinski definition) is 8. The summed E-state index contributed by atoms with van der Waals surface area (Å²) in [5.74, 6) is -1.34. The average Bonchev–Trinajstić information content (AvgIpc) is 3.10. The van der Waals surface area contributed by atoms with Crippen molar-refractivity contribution < 1.29 is 24.2 Å². The fourth-order valence-corrected chi connectivity index (χ4v) is 2.49. The molecule has 0 aliphatic rings. The first-order valence-electron chi connectivity index (χ1n) is 7.62. The normalized spacial score (nSPS) is 12.1. The topological polar surface area (TPSA) is 145 Å². The van der Waals surface area contributed by atoms with Gasteiger partial charge in [-0.15, -0.1) is 0 Å². The van der Waals surface area contributed by atoms with Gasteiger partial charge in [0.05, 0.1) is 18.6 Å². The molecule has 1 unspecified atom stereocenters. The van der Waals surface area contributed by atoms with Crippen molar-refractivity contribution >= 4 is 51.3 Å². The van der Waals surface area contributed by atoms with Crippen LogP contribution in [0.3, 0.4) is 0 Å². The van der Waals surface area contributed by atoms with E-state index in [9.17, 15) is 14.3 Å². The number of nitrogens with one attached hydrogen (secondary N) is 3. The lowest BCUT2D eigenvalue weighted by molar-refractivity contribution is -0.0296. The molecule has 5 N–H and O–H groups in total. The number of carbonyl (C=O) groups is 1. The van der Waals surface area contributed by atoms with Crippen LogP contribution in [0.25, 0.3) is 11.3 Å². The van der Waals surface area contributed by atoms with E-state index < -0.39 is 24.4 Å². The van der Waals surface area contributed by atoms with Crippen molar-refractivity contribution in [3.8, 4) is 0 Å². The van der Waals surface area contributed by atoms with E-state index in [0.29, 0.717) is 3.57 Å². The summed E-state index contributed by atoms with van der Waals surface area (Å²) in [7, 11) is 0. The molecule has 0 radical (unpaired) electrons. The van der Waals surface area contributed by atoms with E-state index in [4.69, 9.17) is 9.94 Å². The van der Waals surface area contributed by atoms with Crippen LogP contribution in [-0.2, 0) is 4.84 Å². The smallest absolute Gasteiger partial charge is 0.297 e. The van der Waals surface area contributed by atoms with Gasteiger partial charge in [0.2, 0.25) is 0 Å². The van der Waals surface area contributed by atoms with Crippen molar-refractivity contribution in [3.05, 3.63) is 39.6 Å². The molecule has 10 nitrogen and oxygen atoms in total. The van der Waals surface area contributed by atoms with Crippen molar-refractivity contribution in [1.82, 2.24) is 25.4 Å². The average molecular weight is 488 g/mol. The Morgan fingerprint density at radius 1 is 1.41 bits per heavy atom. The lowest BCUT2D eigenvalue weighted by atomic mass is 10.3. The van der Waals surface area contributed by atoms with E-state index in [1.54, 1.807) is 6.07 Å². The third-order valence-corrected chi connectivity index (χ3v) is 3.99. The van der Waals surface area contributed by atoms with E-state index in [-0.39, 0.29) is 35.1 Å². The van der Waals surface area contributed by atoms with Gasteiger partial charge in [-0.3, -0.25) is 9.63 Å². The van der Waals surface area contributed by atoms with Crippen molar-refractivity contribution in [2.75, 3.05) is 18.5 Å². The number of nitrogens with zero attached hydrogens (tertiary/aromatic N) is 3. The maximum absolute atomic E-state index is 14.1. The number of halogens is 2. The maximum atomic E-state index is 14.1. The number of amides is 1. The zero-order valence-corrected chi connectivity index (χ0v) is 15.8. The van der Waals surface area contributed by atoms with Crippen molar-refractivity contribution in [2.24, 2.45) is 0 Å². The van der Waals surface area contributed by atoms with Crippen LogP contribution in [-0.4, -0.2) is 55.4 Å². The Hall–Kier alpha value is -2.42. The van der Waals surface area contributed by atoms with E-state index in [0.717, 1.165) is 0 Å². The minimum absolute atomic E-state index is 0.0292. The Labute approximate surface area is 165 Å². The van der Waals surface area contributed by atoms with E-state index in [1.165, 1.54) is 18.5 Å². The molecule has 2 aromatic heterocycles. The summed E-state index contributed by atoms with van der Waals surface area (Å²) in [6.45, 7) is -0.842. The molecule has 0 bridgehead atoms. The number of carbonyl (C=O) groups excluding carboxylic acids is 1. The van der Waals surface area contributed by atoms with Gasteiger partial charge in [-0.2, -0.15) is 0 Å². The highest BCUT2D eigenvalue weighted by Gasteiger charge is 2.19. The lowest BCUT2D eigenvalue weighted by Crippen LogP contribution is -2.31. The quantitative estimate of drug-likeness (QED) is 0.243. The molecule has 27 heavy (non-hydrogen) atoms. The standard InChI is InChI=1S/C15H14FIN6O4/c16-9-3-7(17)1-2-10(9)20-12-11(15(26)23-27-5-8(25)4-24)21-13-14(22-12)19-6-18-13/h1-3,6,8,24-25H,4-5H2,(H,23,26)(H2,18,19,20,21,22). The molecule has 142 valence electrons. The summed E-state index contributed by atoms with van der Waals surface area (Å²) in [6.07, 6.45) is 0.209. The van der Waals surface area contributed by atoms with Gasteiger partial charge in [0.15, 0.2) is 22.8 Å². The van der Waals surface area contributed by atoms with E-state index >= 15 is 0 Å². The molecule has 1 amide bonds. The fourth-order valence-electron chi connectivity index (χ4n) is 2.04. The molecule has 3 aromatic rings. The molecule has 1 aromatic carbocycles. The molecular weight excluding hydrogens is 474 g/mol. The Morgan fingerprint density at radius 2 is 2.22 bits per heavy atom. The maximum Gasteiger partial charge on any atom is 0.297 e. The number of aromatic amines is 1. The second-order valence-corrected chi connectivity index (χ2v) is 6.57. The van der Waals surface area contributed by atoms with Crippen LogP contribution in [0.15, 0.2) is 24.5 Å². The van der Waals surface area contributed by atoms with Gasteiger partial charge in [0.25, 0.3) is 5.91 Å². The van der Waals surface area contributed by atoms with E-state index in [2.05, 4.69) is 30.7 Å². The summed E-state index contributed by atoms with van der Waals surface area (Å²) in [5.41, 5.74) is 2.50. The van der Waals surface area contributed by atoms with Crippen molar-refractivity contribution in [1.29, 1.82) is 0 Å². The number of fused-ring (bicyclic) bond motifs is 1. The number of aliphatic hydroxyl groups is 2. The van der Waals surface area contributed by atoms with Crippen LogP contribution >= 0.6 is 22.6 Å². The van der Waals surface area contributed by atoms with Crippen molar-refractivity contribution in [2.45, 2.75) is 6.10 Å². The Morgan fingerprint density at radius 3 is 2.96 bits per heavy atom. The number of H-pyrrole nitrogens is 1. The van der Waals surface area contributed by atoms with Crippen LogP contribution in [0, 0.1) is 9.39 Å². The van der Waals surface area contributed by atoms with Gasteiger partial charge < -0.3 is 20.5 Å². The second kappa shape index (κ2) is 8.51. The predicted molar refractivity (Wildman–Crippen MR) is 101 cm³/mol. The third-order valence-electron chi connectivity index (χ3n) is 3.32. The minimum atomic E-state index is -1.15. The lowest BCUT2D eigenvalue weighted by Gasteiger charge is -2.12. The largest absolute Gasteiger partial charge is 0.394 e. The minimum Gasteiger partial charge on any atom is -0.394 e. The van der Waals surface area contributed by atoms with Gasteiger partial charge >= 0.3 is 0 Å². The van der Waals surface area contributed by atoms with Gasteiger partial charge in [-0.1, -0.05) is 0 Å². The van der Waals surface area contributed by atoms with Crippen molar-refractivity contribution in [3.63, 3.8) is 0 Å². The first kappa shape index (κ1) is 19.3. The molecule has 2 heterocycles. The summed E-state index contributed by atoms with van der Waals surface area (Å²) >= 11 is 1.98. The van der Waals surface area contributed by atoms with Gasteiger partial charge in [0, 0.05) is 3.57 Å². The van der Waals surface area contributed by atoms with Crippen LogP contribution in [0.2, 0.25) is 0 Å². The Kier molecular flexibility index (Phi) is 6.10. The molecule has 0 aliphatic heterocycles. The highest BCUT2D eigenvalue weighted by Crippen LogP contribution is 2.23. The highest BCUT2D eigenvalue weighted by molar-refractivity contribution is 14.1. The molecule has 0 aliphatic carbocycles. The van der Waals surface area contributed by atoms with Crippen LogP contribution in [0.5, 0.6) is 0 Å². The molecular formula is C15H14FIN6O4. The van der Waals surface area contributed by atoms with Gasteiger partial charge in [0.1, 0.15) is 18.5 Å². The first-order chi connectivity index (χ1) is 13.0. The van der Waals surface area contributed by atoms with Crippen LogP contribution in [0.1, 0.15) is 10.5 Å². The molecule has 0 saturated carbocycles. The summed E-state index contributed by atoms with van der Waals surface area (Å²) < 4.78 is 14.8. The summed E-state index contributed by atoms with van der Waals surface area (Å²) in [5, 5.41) is 20.7. The zero-order valence-electron chi connectivity index (χ0n) is 13.6. The van der Waals surface area contributed by atoms with Gasteiger partial charge in [-0.05, 0) is 40.8 Å². The number of anilines is 2. The highest BCUT2D eigenvalue weighted by atomic mass is 127. The predicted octanol–water partition coefficient (Wildman–Crippen LogP) is 0.855. The molecule has 3 rings (SSSR count). The molecule has 12 heteroatoms. The number of aliphatic hydroxyl groups excluding tert-OH is 2. The first-order valence-corrected chi connectivity index (χ1v) is 8.70. The monoisotopic (exact) mass is 488 g/mol. The third kappa shape index (κ3) is 4.65. The molecule has 0 spiro atoms. The SMILES string of the molecule is O=C(NOCC(O)CO)c1nc2[nH]cnc2nc1Nc1ccc(I)cc1F. The molecule has 0 fully saturated rings. The van der Waals surface area contributed by atoms with Crippen LogP contribution < -0.4 is 10.8 Å².